The molecule has 2 unspecified atom stereocenters. The number of hydrogen-bond donors (Lipinski definition) is 3. The molecule has 1 aliphatic rings. The second-order valence-electron chi connectivity index (χ2n) is 7.26. The van der Waals surface area contributed by atoms with Crippen molar-refractivity contribution in [3.8, 4) is 0 Å². The largest absolute Gasteiger partial charge is 0.462 e. The zero-order valence-corrected chi connectivity index (χ0v) is 14.9. The summed E-state index contributed by atoms with van der Waals surface area (Å²) in [6.45, 7) is 5.61. The van der Waals surface area contributed by atoms with Crippen LogP contribution >= 0.6 is 0 Å². The zero-order valence-electron chi connectivity index (χ0n) is 14.9. The summed E-state index contributed by atoms with van der Waals surface area (Å²) < 4.78 is 5.20. The molecule has 1 fully saturated rings. The Morgan fingerprint density at radius 3 is 2.43 bits per heavy atom. The van der Waals surface area contributed by atoms with Gasteiger partial charge in [0.15, 0.2) is 0 Å². The number of carbonyl (C=O) groups excluding carboxylic acids is 1. The predicted molar refractivity (Wildman–Crippen MR) is 87.9 cm³/mol. The van der Waals surface area contributed by atoms with Crippen molar-refractivity contribution in [1.82, 2.24) is 4.90 Å². The second kappa shape index (κ2) is 8.97. The highest BCUT2D eigenvalue weighted by atomic mass is 16.5. The third-order valence-corrected chi connectivity index (χ3v) is 4.92. The molecule has 0 amide bonds. The number of hydrogen-bond acceptors (Lipinski definition) is 6. The van der Waals surface area contributed by atoms with Crippen molar-refractivity contribution in [3.05, 3.63) is 0 Å². The first-order valence-electron chi connectivity index (χ1n) is 8.60. The van der Waals surface area contributed by atoms with Gasteiger partial charge in [0, 0.05) is 6.04 Å². The first kappa shape index (κ1) is 20.4. The first-order chi connectivity index (χ1) is 10.6. The fourth-order valence-corrected chi connectivity index (χ4v) is 2.91. The number of esters is 1. The molecule has 0 saturated carbocycles. The maximum Gasteiger partial charge on any atom is 0.308 e. The van der Waals surface area contributed by atoms with Crippen LogP contribution in [0.4, 0.5) is 0 Å². The number of aliphatic hydroxyl groups is 3. The van der Waals surface area contributed by atoms with Crippen molar-refractivity contribution in [1.29, 1.82) is 0 Å². The molecule has 1 rings (SSSR count). The molecule has 6 heteroatoms. The van der Waals surface area contributed by atoms with Gasteiger partial charge in [-0.3, -0.25) is 4.79 Å². The van der Waals surface area contributed by atoms with Gasteiger partial charge in [-0.1, -0.05) is 13.3 Å². The van der Waals surface area contributed by atoms with Gasteiger partial charge in [-0.2, -0.15) is 0 Å². The summed E-state index contributed by atoms with van der Waals surface area (Å²) in [5.74, 6) is -0.650. The van der Waals surface area contributed by atoms with Crippen LogP contribution in [0.3, 0.4) is 0 Å². The summed E-state index contributed by atoms with van der Waals surface area (Å²) in [4.78, 5) is 13.9. The van der Waals surface area contributed by atoms with E-state index in [9.17, 15) is 20.1 Å². The molecular weight excluding hydrogens is 298 g/mol. The molecule has 0 spiro atoms. The Morgan fingerprint density at radius 2 is 1.78 bits per heavy atom. The van der Waals surface area contributed by atoms with E-state index in [1.54, 1.807) is 6.92 Å². The van der Waals surface area contributed by atoms with Crippen LogP contribution in [0.2, 0.25) is 0 Å². The lowest BCUT2D eigenvalue weighted by molar-refractivity contribution is -0.166. The highest BCUT2D eigenvalue weighted by Crippen LogP contribution is 2.20. The number of carbonyl (C=O) groups is 1. The number of likely N-dealkylation sites (N-methyl/N-ethyl adjacent to an activating group) is 1. The topological polar surface area (TPSA) is 90.2 Å². The van der Waals surface area contributed by atoms with Crippen LogP contribution in [-0.2, 0) is 9.53 Å². The molecule has 0 aromatic carbocycles. The lowest BCUT2D eigenvalue weighted by Crippen LogP contribution is -2.54. The van der Waals surface area contributed by atoms with Gasteiger partial charge in [0.05, 0.1) is 12.0 Å². The Kier molecular flexibility index (Phi) is 7.94. The number of aliphatic hydroxyl groups excluding tert-OH is 2. The van der Waals surface area contributed by atoms with Gasteiger partial charge in [0.2, 0.25) is 0 Å². The van der Waals surface area contributed by atoms with Crippen LogP contribution in [-0.4, -0.2) is 70.2 Å². The highest BCUT2D eigenvalue weighted by Gasteiger charge is 2.37. The molecule has 23 heavy (non-hydrogen) atoms. The van der Waals surface area contributed by atoms with Gasteiger partial charge < -0.3 is 25.0 Å². The van der Waals surface area contributed by atoms with Crippen molar-refractivity contribution in [2.75, 3.05) is 20.2 Å². The van der Waals surface area contributed by atoms with Crippen LogP contribution in [0.5, 0.6) is 0 Å². The van der Waals surface area contributed by atoms with E-state index >= 15 is 0 Å². The molecule has 0 aromatic heterocycles. The van der Waals surface area contributed by atoms with Gasteiger partial charge in [0.1, 0.15) is 18.3 Å². The van der Waals surface area contributed by atoms with E-state index in [1.807, 2.05) is 18.9 Å². The molecule has 1 aliphatic heterocycles. The highest BCUT2D eigenvalue weighted by molar-refractivity contribution is 5.71. The van der Waals surface area contributed by atoms with Crippen molar-refractivity contribution in [3.63, 3.8) is 0 Å². The smallest absolute Gasteiger partial charge is 0.308 e. The molecule has 136 valence electrons. The minimum Gasteiger partial charge on any atom is -0.462 e. The fourth-order valence-electron chi connectivity index (χ4n) is 2.91. The third kappa shape index (κ3) is 6.37. The molecule has 1 saturated heterocycles. The SMILES string of the molecule is CC1[C@@H](O)[C@](C)(O)COC(=O)[C@H](C)CCCC(O)CCCN1C. The predicted octanol–water partition coefficient (Wildman–Crippen LogP) is 0.923. The van der Waals surface area contributed by atoms with Crippen molar-refractivity contribution < 1.29 is 24.9 Å². The molecular formula is C17H33NO5. The summed E-state index contributed by atoms with van der Waals surface area (Å²) in [7, 11) is 1.88. The Morgan fingerprint density at radius 1 is 1.17 bits per heavy atom. The van der Waals surface area contributed by atoms with Gasteiger partial charge in [-0.05, 0) is 53.1 Å². The number of rotatable bonds is 0. The summed E-state index contributed by atoms with van der Waals surface area (Å²) in [5.41, 5.74) is -1.50. The minimum absolute atomic E-state index is 0.224. The summed E-state index contributed by atoms with van der Waals surface area (Å²) in [6, 6.07) is -0.289. The van der Waals surface area contributed by atoms with Crippen LogP contribution in [0.15, 0.2) is 0 Å². The van der Waals surface area contributed by atoms with E-state index in [4.69, 9.17) is 4.74 Å². The normalized spacial score (nSPS) is 40.0. The quantitative estimate of drug-likeness (QED) is 0.572. The van der Waals surface area contributed by atoms with Crippen LogP contribution in [0.25, 0.3) is 0 Å². The van der Waals surface area contributed by atoms with E-state index in [-0.39, 0.29) is 30.6 Å². The summed E-state index contributed by atoms with van der Waals surface area (Å²) in [6.07, 6.45) is 2.21. The van der Waals surface area contributed by atoms with E-state index in [0.717, 1.165) is 19.4 Å². The maximum absolute atomic E-state index is 12.0. The van der Waals surface area contributed by atoms with Crippen molar-refractivity contribution >= 4 is 5.97 Å². The molecule has 0 bridgehead atoms. The van der Waals surface area contributed by atoms with E-state index in [1.165, 1.54) is 6.92 Å². The number of nitrogens with zero attached hydrogens (tertiary/aromatic N) is 1. The monoisotopic (exact) mass is 331 g/mol. The average Bonchev–Trinajstić information content (AvgIpc) is 2.50. The number of ether oxygens (including phenoxy) is 1. The first-order valence-corrected chi connectivity index (χ1v) is 8.60. The Balaban J connectivity index is 2.80. The standard InChI is InChI=1S/C17H33NO5/c1-12-7-5-8-14(19)9-6-10-18(4)13(2)15(20)17(3,22)11-23-16(12)21/h12-15,19-20,22H,5-11H2,1-4H3/t12-,13?,14?,15-,17-/m1/s1. The van der Waals surface area contributed by atoms with E-state index in [2.05, 4.69) is 0 Å². The van der Waals surface area contributed by atoms with Crippen molar-refractivity contribution in [2.24, 2.45) is 5.92 Å². The van der Waals surface area contributed by atoms with Gasteiger partial charge in [-0.15, -0.1) is 0 Å². The van der Waals surface area contributed by atoms with Crippen LogP contribution < -0.4 is 0 Å². The molecule has 5 atom stereocenters. The van der Waals surface area contributed by atoms with E-state index < -0.39 is 11.7 Å². The zero-order chi connectivity index (χ0) is 17.6. The molecule has 0 aromatic rings. The molecule has 3 N–H and O–H groups in total. The van der Waals surface area contributed by atoms with Gasteiger partial charge in [0.25, 0.3) is 0 Å². The Labute approximate surface area is 139 Å². The maximum atomic E-state index is 12.0. The lowest BCUT2D eigenvalue weighted by Gasteiger charge is -2.37. The second-order valence-corrected chi connectivity index (χ2v) is 7.26. The van der Waals surface area contributed by atoms with Crippen molar-refractivity contribution in [2.45, 2.75) is 76.7 Å². The molecule has 0 radical (unpaired) electrons. The van der Waals surface area contributed by atoms with Crippen LogP contribution in [0, 0.1) is 5.92 Å². The summed E-state index contributed by atoms with van der Waals surface area (Å²) >= 11 is 0. The van der Waals surface area contributed by atoms with Gasteiger partial charge >= 0.3 is 5.97 Å². The van der Waals surface area contributed by atoms with Crippen LogP contribution in [0.1, 0.15) is 52.9 Å². The van der Waals surface area contributed by atoms with E-state index in [0.29, 0.717) is 19.3 Å². The third-order valence-electron chi connectivity index (χ3n) is 4.92. The Bertz CT molecular complexity index is 374. The average molecular weight is 331 g/mol. The molecule has 1 heterocycles. The molecule has 0 aliphatic carbocycles. The van der Waals surface area contributed by atoms with Gasteiger partial charge in [-0.25, -0.2) is 0 Å². The molecule has 6 nitrogen and oxygen atoms in total. The minimum atomic E-state index is -1.50. The number of cyclic esters (lactones) is 1. The fraction of sp³-hybridized carbons (Fsp3) is 0.941. The summed E-state index contributed by atoms with van der Waals surface area (Å²) in [5, 5.41) is 30.9. The lowest BCUT2D eigenvalue weighted by atomic mass is 9.93. The Hall–Kier alpha value is -0.690.